The summed E-state index contributed by atoms with van der Waals surface area (Å²) >= 11 is 0. The molecule has 1 N–H and O–H groups in total. The van der Waals surface area contributed by atoms with Gasteiger partial charge in [-0.3, -0.25) is 9.59 Å². The number of carbonyl (C=O) groups is 2. The highest BCUT2D eigenvalue weighted by Crippen LogP contribution is 2.18. The zero-order valence-corrected chi connectivity index (χ0v) is 20.5. The lowest BCUT2D eigenvalue weighted by Gasteiger charge is -2.32. The van der Waals surface area contributed by atoms with Crippen LogP contribution in [0.5, 0.6) is 0 Å². The fraction of sp³-hybridized carbons (Fsp3) is 0.417. The number of hydrogen-bond acceptors (Lipinski definition) is 4. The van der Waals surface area contributed by atoms with Crippen molar-refractivity contribution in [2.45, 2.75) is 57.6 Å². The first-order valence-corrected chi connectivity index (χ1v) is 12.3. The van der Waals surface area contributed by atoms with Gasteiger partial charge in [0.05, 0.1) is 11.4 Å². The van der Waals surface area contributed by atoms with Crippen molar-refractivity contribution < 1.29 is 22.4 Å². The highest BCUT2D eigenvalue weighted by atomic mass is 32.2. The van der Waals surface area contributed by atoms with E-state index in [0.29, 0.717) is 12.0 Å². The standard InChI is InChI=1S/C24H32FN3O4S/c1-6-22(24(30)26-17(2)3)28(15-19-9-11-20(25)12-10-19)23(29)16-27(5)33(31,32)21-13-7-18(4)8-14-21/h7-14,17,22H,6,15-16H2,1-5H3,(H,26,30)/t22-/m0/s1. The molecule has 0 saturated heterocycles. The molecule has 0 aromatic heterocycles. The number of nitrogens with zero attached hydrogens (tertiary/aromatic N) is 2. The van der Waals surface area contributed by atoms with Crippen molar-refractivity contribution in [2.75, 3.05) is 13.6 Å². The van der Waals surface area contributed by atoms with Gasteiger partial charge >= 0.3 is 0 Å². The molecule has 0 bridgehead atoms. The van der Waals surface area contributed by atoms with E-state index < -0.39 is 34.3 Å². The molecule has 2 aromatic rings. The van der Waals surface area contributed by atoms with Gasteiger partial charge in [-0.1, -0.05) is 36.8 Å². The van der Waals surface area contributed by atoms with Gasteiger partial charge in [0.15, 0.2) is 0 Å². The molecule has 2 aromatic carbocycles. The number of aryl methyl sites for hydroxylation is 1. The second kappa shape index (κ2) is 11.4. The minimum absolute atomic E-state index is 0.0432. The molecular formula is C24H32FN3O4S. The molecule has 0 aliphatic heterocycles. The largest absolute Gasteiger partial charge is 0.352 e. The van der Waals surface area contributed by atoms with Crippen molar-refractivity contribution in [1.82, 2.24) is 14.5 Å². The van der Waals surface area contributed by atoms with Crippen molar-refractivity contribution in [3.63, 3.8) is 0 Å². The van der Waals surface area contributed by atoms with Crippen molar-refractivity contribution in [3.8, 4) is 0 Å². The summed E-state index contributed by atoms with van der Waals surface area (Å²) in [5.74, 6) is -1.26. The smallest absolute Gasteiger partial charge is 0.243 e. The van der Waals surface area contributed by atoms with Gasteiger partial charge in [-0.05, 0) is 57.0 Å². The number of hydrogen-bond donors (Lipinski definition) is 1. The molecule has 0 heterocycles. The van der Waals surface area contributed by atoms with E-state index in [9.17, 15) is 22.4 Å². The zero-order valence-electron chi connectivity index (χ0n) is 19.7. The molecule has 33 heavy (non-hydrogen) atoms. The summed E-state index contributed by atoms with van der Waals surface area (Å²) in [7, 11) is -2.57. The van der Waals surface area contributed by atoms with Crippen molar-refractivity contribution in [3.05, 3.63) is 65.5 Å². The average molecular weight is 478 g/mol. The molecule has 0 fully saturated rings. The first-order chi connectivity index (χ1) is 15.4. The first kappa shape index (κ1) is 26.5. The van der Waals surface area contributed by atoms with Gasteiger partial charge < -0.3 is 10.2 Å². The van der Waals surface area contributed by atoms with E-state index in [0.717, 1.165) is 9.87 Å². The maximum Gasteiger partial charge on any atom is 0.243 e. The number of sulfonamides is 1. The monoisotopic (exact) mass is 477 g/mol. The molecule has 1 atom stereocenters. The fourth-order valence-electron chi connectivity index (χ4n) is 3.34. The maximum atomic E-state index is 13.4. The molecule has 0 saturated carbocycles. The predicted molar refractivity (Wildman–Crippen MR) is 125 cm³/mol. The van der Waals surface area contributed by atoms with Crippen LogP contribution in [0.4, 0.5) is 4.39 Å². The topological polar surface area (TPSA) is 86.8 Å². The van der Waals surface area contributed by atoms with Crippen LogP contribution in [-0.2, 0) is 26.2 Å². The van der Waals surface area contributed by atoms with Crippen LogP contribution < -0.4 is 5.32 Å². The molecule has 2 amide bonds. The van der Waals surface area contributed by atoms with Gasteiger partial charge in [-0.2, -0.15) is 4.31 Å². The van der Waals surface area contributed by atoms with Crippen LogP contribution in [0.15, 0.2) is 53.4 Å². The van der Waals surface area contributed by atoms with Crippen LogP contribution in [0.25, 0.3) is 0 Å². The summed E-state index contributed by atoms with van der Waals surface area (Å²) in [6.07, 6.45) is 0.333. The summed E-state index contributed by atoms with van der Waals surface area (Å²) < 4.78 is 40.2. The Kier molecular flexibility index (Phi) is 9.13. The van der Waals surface area contributed by atoms with Crippen LogP contribution in [0, 0.1) is 12.7 Å². The molecule has 180 valence electrons. The molecule has 0 aliphatic carbocycles. The molecule has 0 aliphatic rings. The van der Waals surface area contributed by atoms with Gasteiger partial charge in [0.2, 0.25) is 21.8 Å². The van der Waals surface area contributed by atoms with Crippen LogP contribution in [0.2, 0.25) is 0 Å². The third kappa shape index (κ3) is 7.10. The minimum atomic E-state index is -3.90. The first-order valence-electron chi connectivity index (χ1n) is 10.8. The molecule has 9 heteroatoms. The Morgan fingerprint density at radius 3 is 2.12 bits per heavy atom. The predicted octanol–water partition coefficient (Wildman–Crippen LogP) is 3.09. The van der Waals surface area contributed by atoms with E-state index >= 15 is 0 Å². The minimum Gasteiger partial charge on any atom is -0.352 e. The number of rotatable bonds is 10. The lowest BCUT2D eigenvalue weighted by atomic mass is 10.1. The van der Waals surface area contributed by atoms with Gasteiger partial charge in [-0.25, -0.2) is 12.8 Å². The number of carbonyl (C=O) groups excluding carboxylic acids is 2. The Bertz CT molecular complexity index is 1050. The van der Waals surface area contributed by atoms with E-state index in [4.69, 9.17) is 0 Å². The Hall–Kier alpha value is -2.78. The molecule has 2 rings (SSSR count). The molecule has 0 spiro atoms. The van der Waals surface area contributed by atoms with E-state index in [2.05, 4.69) is 5.32 Å². The van der Waals surface area contributed by atoms with E-state index in [1.807, 2.05) is 20.8 Å². The summed E-state index contributed by atoms with van der Waals surface area (Å²) in [5.41, 5.74) is 1.55. The number of benzene rings is 2. The molecular weight excluding hydrogens is 445 g/mol. The van der Waals surface area contributed by atoms with Gasteiger partial charge in [0.25, 0.3) is 0 Å². The van der Waals surface area contributed by atoms with E-state index in [1.54, 1.807) is 19.1 Å². The number of likely N-dealkylation sites (N-methyl/N-ethyl adjacent to an activating group) is 1. The quantitative estimate of drug-likeness (QED) is 0.570. The number of nitrogens with one attached hydrogen (secondary N) is 1. The van der Waals surface area contributed by atoms with E-state index in [1.165, 1.54) is 48.3 Å². The Morgan fingerprint density at radius 1 is 1.03 bits per heavy atom. The normalized spacial score (nSPS) is 12.6. The Morgan fingerprint density at radius 2 is 1.61 bits per heavy atom. The summed E-state index contributed by atoms with van der Waals surface area (Å²) in [6, 6.07) is 11.1. The molecule has 0 unspecified atom stereocenters. The highest BCUT2D eigenvalue weighted by Gasteiger charge is 2.32. The van der Waals surface area contributed by atoms with Crippen LogP contribution in [0.3, 0.4) is 0 Å². The lowest BCUT2D eigenvalue weighted by Crippen LogP contribution is -2.52. The van der Waals surface area contributed by atoms with Gasteiger partial charge in [-0.15, -0.1) is 0 Å². The molecule has 0 radical (unpaired) electrons. The number of halogens is 1. The van der Waals surface area contributed by atoms with Crippen molar-refractivity contribution >= 4 is 21.8 Å². The van der Waals surface area contributed by atoms with E-state index in [-0.39, 0.29) is 23.4 Å². The highest BCUT2D eigenvalue weighted by molar-refractivity contribution is 7.89. The van der Waals surface area contributed by atoms with Crippen LogP contribution in [0.1, 0.15) is 38.3 Å². The lowest BCUT2D eigenvalue weighted by molar-refractivity contribution is -0.141. The maximum absolute atomic E-state index is 13.4. The Balaban J connectivity index is 2.31. The van der Waals surface area contributed by atoms with Crippen LogP contribution in [-0.4, -0.2) is 55.1 Å². The fourth-order valence-corrected chi connectivity index (χ4v) is 4.46. The van der Waals surface area contributed by atoms with Gasteiger partial charge in [0, 0.05) is 19.6 Å². The van der Waals surface area contributed by atoms with Crippen molar-refractivity contribution in [2.24, 2.45) is 0 Å². The second-order valence-corrected chi connectivity index (χ2v) is 10.4. The second-order valence-electron chi connectivity index (χ2n) is 8.31. The van der Waals surface area contributed by atoms with Crippen LogP contribution >= 0.6 is 0 Å². The van der Waals surface area contributed by atoms with Gasteiger partial charge in [0.1, 0.15) is 11.9 Å². The Labute approximate surface area is 195 Å². The summed E-state index contributed by atoms with van der Waals surface area (Å²) in [6.45, 7) is 6.87. The summed E-state index contributed by atoms with van der Waals surface area (Å²) in [5, 5.41) is 2.81. The van der Waals surface area contributed by atoms with Crippen molar-refractivity contribution in [1.29, 1.82) is 0 Å². The average Bonchev–Trinajstić information content (AvgIpc) is 2.74. The third-order valence-corrected chi connectivity index (χ3v) is 6.99. The third-order valence-electron chi connectivity index (χ3n) is 5.17. The molecule has 7 nitrogen and oxygen atoms in total. The zero-order chi connectivity index (χ0) is 24.8. The number of amides is 2. The SMILES string of the molecule is CC[C@@H](C(=O)NC(C)C)N(Cc1ccc(F)cc1)C(=O)CN(C)S(=O)(=O)c1ccc(C)cc1. The summed E-state index contributed by atoms with van der Waals surface area (Å²) in [4.78, 5) is 27.6.